The highest BCUT2D eigenvalue weighted by Crippen LogP contribution is 2.27. The van der Waals surface area contributed by atoms with Gasteiger partial charge in [-0.25, -0.2) is 0 Å². The Kier molecular flexibility index (Phi) is 3.80. The van der Waals surface area contributed by atoms with Gasteiger partial charge in [0.1, 0.15) is 0 Å². The van der Waals surface area contributed by atoms with Crippen LogP contribution in [-0.4, -0.2) is 46.6 Å². The number of halogens is 3. The molecule has 1 fully saturated rings. The summed E-state index contributed by atoms with van der Waals surface area (Å²) in [6.07, 6.45) is -6.37. The van der Waals surface area contributed by atoms with Crippen LogP contribution in [0.2, 0.25) is 0 Å². The van der Waals surface area contributed by atoms with Crippen molar-refractivity contribution >= 4 is 11.7 Å². The summed E-state index contributed by atoms with van der Waals surface area (Å²) in [5.41, 5.74) is 0.214. The number of ketones is 1. The monoisotopic (exact) mass is 287 g/mol. The number of carbonyl (C=O) groups excluding carboxylic acids is 2. The molecule has 1 N–H and O–H groups in total. The van der Waals surface area contributed by atoms with Crippen molar-refractivity contribution in [2.45, 2.75) is 24.7 Å². The van der Waals surface area contributed by atoms with Crippen LogP contribution in [0.25, 0.3) is 0 Å². The third-order valence-electron chi connectivity index (χ3n) is 3.14. The quantitative estimate of drug-likeness (QED) is 0.836. The fourth-order valence-electron chi connectivity index (χ4n) is 2.24. The van der Waals surface area contributed by atoms with Crippen molar-refractivity contribution in [3.05, 3.63) is 35.9 Å². The Morgan fingerprint density at radius 2 is 1.80 bits per heavy atom. The summed E-state index contributed by atoms with van der Waals surface area (Å²) in [5.74, 6) is -2.69. The summed E-state index contributed by atoms with van der Waals surface area (Å²) in [6.45, 7) is -0.485. The molecule has 0 radical (unpaired) electrons. The Balaban J connectivity index is 2.25. The van der Waals surface area contributed by atoms with E-state index in [0.29, 0.717) is 4.90 Å². The van der Waals surface area contributed by atoms with Gasteiger partial charge in [0.05, 0.1) is 12.1 Å². The third kappa shape index (κ3) is 2.82. The zero-order chi connectivity index (χ0) is 14.9. The number of Topliss-reactive ketones (excluding diaryl/α,β-unsaturated/α-hetero) is 1. The van der Waals surface area contributed by atoms with Crippen molar-refractivity contribution in [1.82, 2.24) is 4.90 Å². The first-order chi connectivity index (χ1) is 9.30. The Labute approximate surface area is 112 Å². The van der Waals surface area contributed by atoms with E-state index in [9.17, 15) is 27.9 Å². The van der Waals surface area contributed by atoms with Crippen LogP contribution in [0.5, 0.6) is 0 Å². The van der Waals surface area contributed by atoms with Gasteiger partial charge in [-0.1, -0.05) is 30.3 Å². The van der Waals surface area contributed by atoms with Gasteiger partial charge in [-0.2, -0.15) is 13.2 Å². The molecule has 0 bridgehead atoms. The maximum absolute atomic E-state index is 12.5. The average Bonchev–Trinajstić information content (AvgIpc) is 2.79. The zero-order valence-electron chi connectivity index (χ0n) is 10.3. The number of aliphatic hydroxyl groups excluding tert-OH is 1. The second kappa shape index (κ2) is 5.24. The number of hydrogen-bond donors (Lipinski definition) is 1. The molecule has 1 amide bonds. The minimum Gasteiger partial charge on any atom is -0.391 e. The fourth-order valence-corrected chi connectivity index (χ4v) is 2.24. The van der Waals surface area contributed by atoms with E-state index in [0.717, 1.165) is 0 Å². The number of aliphatic hydroxyl groups is 1. The minimum atomic E-state index is -5.06. The third-order valence-corrected chi connectivity index (χ3v) is 3.14. The van der Waals surface area contributed by atoms with Crippen LogP contribution in [0.4, 0.5) is 13.2 Å². The molecule has 20 heavy (non-hydrogen) atoms. The molecule has 7 heteroatoms. The Morgan fingerprint density at radius 3 is 2.35 bits per heavy atom. The van der Waals surface area contributed by atoms with E-state index in [4.69, 9.17) is 0 Å². The molecule has 0 saturated carbocycles. The van der Waals surface area contributed by atoms with Crippen LogP contribution in [-0.2, 0) is 4.79 Å². The largest absolute Gasteiger partial charge is 0.471 e. The van der Waals surface area contributed by atoms with Gasteiger partial charge in [-0.05, 0) is 0 Å². The molecule has 0 spiro atoms. The van der Waals surface area contributed by atoms with Gasteiger partial charge in [-0.3, -0.25) is 9.59 Å². The molecule has 1 unspecified atom stereocenters. The Morgan fingerprint density at radius 1 is 1.20 bits per heavy atom. The predicted molar refractivity (Wildman–Crippen MR) is 63.0 cm³/mol. The van der Waals surface area contributed by atoms with Crippen LogP contribution in [0, 0.1) is 0 Å². The molecule has 108 valence electrons. The molecule has 0 aromatic heterocycles. The molecule has 2 rings (SSSR count). The second-order valence-electron chi connectivity index (χ2n) is 4.59. The second-order valence-corrected chi connectivity index (χ2v) is 4.59. The first-order valence-electron chi connectivity index (χ1n) is 5.96. The first-order valence-corrected chi connectivity index (χ1v) is 5.96. The summed E-state index contributed by atoms with van der Waals surface area (Å²) in [7, 11) is 0. The fraction of sp³-hybridized carbons (Fsp3) is 0.385. The van der Waals surface area contributed by atoms with E-state index in [-0.39, 0.29) is 12.0 Å². The van der Waals surface area contributed by atoms with Crippen LogP contribution in [0.1, 0.15) is 16.8 Å². The Bertz CT molecular complexity index is 515. The number of likely N-dealkylation sites (tertiary alicyclic amines) is 1. The average molecular weight is 287 g/mol. The van der Waals surface area contributed by atoms with E-state index >= 15 is 0 Å². The highest BCUT2D eigenvalue weighted by Gasteiger charge is 2.49. The lowest BCUT2D eigenvalue weighted by Gasteiger charge is -2.24. The lowest BCUT2D eigenvalue weighted by molar-refractivity contribution is -0.185. The Hall–Kier alpha value is -1.89. The maximum Gasteiger partial charge on any atom is 0.471 e. The number of alkyl halides is 3. The van der Waals surface area contributed by atoms with Gasteiger partial charge >= 0.3 is 12.1 Å². The van der Waals surface area contributed by atoms with Gasteiger partial charge < -0.3 is 10.0 Å². The maximum atomic E-state index is 12.5. The molecular weight excluding hydrogens is 275 g/mol. The summed E-state index contributed by atoms with van der Waals surface area (Å²) < 4.78 is 37.4. The van der Waals surface area contributed by atoms with E-state index in [2.05, 4.69) is 0 Å². The first kappa shape index (κ1) is 14.5. The summed E-state index contributed by atoms with van der Waals surface area (Å²) in [4.78, 5) is 23.9. The minimum absolute atomic E-state index is 0.185. The topological polar surface area (TPSA) is 57.6 Å². The molecule has 1 aromatic rings. The van der Waals surface area contributed by atoms with Crippen molar-refractivity contribution in [2.75, 3.05) is 6.54 Å². The zero-order valence-corrected chi connectivity index (χ0v) is 10.3. The van der Waals surface area contributed by atoms with E-state index in [1.165, 1.54) is 12.1 Å². The molecule has 1 saturated heterocycles. The normalized spacial score (nSPS) is 22.9. The molecule has 1 heterocycles. The number of rotatable bonds is 2. The van der Waals surface area contributed by atoms with Gasteiger partial charge in [0.25, 0.3) is 0 Å². The summed E-state index contributed by atoms with van der Waals surface area (Å²) in [6, 6.07) is 6.47. The number of carbonyl (C=O) groups is 2. The number of hydrogen-bond acceptors (Lipinski definition) is 3. The van der Waals surface area contributed by atoms with Crippen molar-refractivity contribution in [3.8, 4) is 0 Å². The molecule has 1 aromatic carbocycles. The van der Waals surface area contributed by atoms with Crippen molar-refractivity contribution in [3.63, 3.8) is 0 Å². The highest BCUT2D eigenvalue weighted by atomic mass is 19.4. The number of benzene rings is 1. The summed E-state index contributed by atoms with van der Waals surface area (Å²) >= 11 is 0. The summed E-state index contributed by atoms with van der Waals surface area (Å²) in [5, 5.41) is 9.47. The lowest BCUT2D eigenvalue weighted by Crippen LogP contribution is -2.47. The van der Waals surface area contributed by atoms with Crippen LogP contribution in [0.15, 0.2) is 30.3 Å². The van der Waals surface area contributed by atoms with E-state index in [1.54, 1.807) is 18.2 Å². The smallest absolute Gasteiger partial charge is 0.391 e. The van der Waals surface area contributed by atoms with Gasteiger partial charge in [-0.15, -0.1) is 0 Å². The van der Waals surface area contributed by atoms with Crippen LogP contribution < -0.4 is 0 Å². The molecular formula is C13H12F3NO3. The van der Waals surface area contributed by atoms with Gasteiger partial charge in [0.15, 0.2) is 5.78 Å². The molecule has 2 atom stereocenters. The molecule has 0 aliphatic carbocycles. The molecule has 1 aliphatic heterocycles. The van der Waals surface area contributed by atoms with Crippen molar-refractivity contribution in [1.29, 1.82) is 0 Å². The van der Waals surface area contributed by atoms with Crippen molar-refractivity contribution < 1.29 is 27.9 Å². The standard InChI is InChI=1S/C13H12F3NO3/c14-13(15,16)12(20)17-7-9(18)6-10(17)11(19)8-4-2-1-3-5-8/h1-5,9-10,18H,6-7H2/t9?,10-/m1/s1. The number of nitrogens with zero attached hydrogens (tertiary/aromatic N) is 1. The lowest BCUT2D eigenvalue weighted by atomic mass is 10.0. The number of β-amino-alcohol motifs (C(OH)–C–C–N with tert-alkyl or cyclic N) is 1. The SMILES string of the molecule is O=C(c1ccccc1)[C@H]1CC(O)CN1C(=O)C(F)(F)F. The molecule has 4 nitrogen and oxygen atoms in total. The van der Waals surface area contributed by atoms with Crippen LogP contribution >= 0.6 is 0 Å². The van der Waals surface area contributed by atoms with Crippen LogP contribution in [0.3, 0.4) is 0 Å². The van der Waals surface area contributed by atoms with Crippen molar-refractivity contribution in [2.24, 2.45) is 0 Å². The van der Waals surface area contributed by atoms with E-state index in [1.807, 2.05) is 0 Å². The van der Waals surface area contributed by atoms with E-state index < -0.39 is 36.6 Å². The van der Waals surface area contributed by atoms with Gasteiger partial charge in [0.2, 0.25) is 0 Å². The predicted octanol–water partition coefficient (Wildman–Crippen LogP) is 1.39. The molecule has 1 aliphatic rings. The van der Waals surface area contributed by atoms with Gasteiger partial charge in [0, 0.05) is 18.5 Å². The number of amides is 1. The highest BCUT2D eigenvalue weighted by molar-refractivity contribution is 6.02.